The average molecular weight is 987 g/mol. The van der Waals surface area contributed by atoms with Crippen molar-refractivity contribution in [2.75, 3.05) is 13.2 Å². The van der Waals surface area contributed by atoms with Crippen LogP contribution < -0.4 is 0 Å². The van der Waals surface area contributed by atoms with Crippen LogP contribution in [0.25, 0.3) is 0 Å². The molecule has 1 unspecified atom stereocenters. The Labute approximate surface area is 390 Å². The van der Waals surface area contributed by atoms with Gasteiger partial charge in [0.2, 0.25) is 0 Å². The van der Waals surface area contributed by atoms with Gasteiger partial charge in [-0.2, -0.15) is 0 Å². The van der Waals surface area contributed by atoms with Gasteiger partial charge in [-0.1, -0.05) is 121 Å². The molecule has 2 rings (SSSR count). The zero-order valence-corrected chi connectivity index (χ0v) is 40.5. The van der Waals surface area contributed by atoms with Gasteiger partial charge >= 0.3 is 27.6 Å². The number of phosphoric ester groups is 2. The highest BCUT2D eigenvalue weighted by atomic mass is 31.2. The summed E-state index contributed by atoms with van der Waals surface area (Å²) in [4.78, 5) is 56.6. The van der Waals surface area contributed by atoms with Gasteiger partial charge < -0.3 is 59.9 Å². The van der Waals surface area contributed by atoms with Gasteiger partial charge in [-0.15, -0.1) is 0 Å². The monoisotopic (exact) mass is 986 g/mol. The first-order valence-electron chi connectivity index (χ1n) is 23.8. The van der Waals surface area contributed by atoms with Gasteiger partial charge in [0.05, 0.1) is 43.5 Å². The molecule has 10 N–H and O–H groups in total. The molecule has 19 nitrogen and oxygen atoms in total. The second-order valence-electron chi connectivity index (χ2n) is 17.5. The predicted octanol–water partition coefficient (Wildman–Crippen LogP) is 5.11. The summed E-state index contributed by atoms with van der Waals surface area (Å²) in [6, 6.07) is 0. The van der Waals surface area contributed by atoms with Crippen molar-refractivity contribution in [1.29, 1.82) is 0 Å². The molecule has 0 amide bonds. The lowest BCUT2D eigenvalue weighted by atomic mass is 9.83. The molecule has 0 aromatic heterocycles. The first kappa shape index (κ1) is 60.2. The Morgan fingerprint density at radius 1 is 0.818 bits per heavy atom. The number of allylic oxidation sites excluding steroid dienone is 3. The highest BCUT2D eigenvalue weighted by Crippen LogP contribution is 2.49. The van der Waals surface area contributed by atoms with Crippen LogP contribution in [0.2, 0.25) is 0 Å². The number of hydrogen-bond donors (Lipinski definition) is 10. The topological polar surface area (TPSA) is 317 Å². The molecule has 2 aliphatic rings. The number of fused-ring (bicyclic) bond motifs is 4. The van der Waals surface area contributed by atoms with Gasteiger partial charge in [-0.3, -0.25) is 23.2 Å². The van der Waals surface area contributed by atoms with Crippen molar-refractivity contribution in [3.05, 3.63) is 36.5 Å². The molecule has 1 heterocycles. The standard InChI is InChI=1S/C45H80O19P2/c1-3-5-7-8-9-10-11-12-13-14-15-16-17-18-20-26-39(50)62-33-30-60-38(49)25-22-21-24-34-36(47)29-37(48)35(28-27-32(46)23-19-6-4-2)41(52)44(63-65(55,56)57)45(43(54)42(53)40(34)51)64-66(58,59)61-31-33/h12-13,21-22,27-28,32-37,40-48,51-54H,3-11,14-20,23-26,29-31H2,1-2H3,(H,58,59)(H2,55,56,57)/b13-12-,22-21-,28-27+/t32-,33-,34-,35+,36+,37-,40-,41-,42+,43-,44-,45+/m1/s1. The van der Waals surface area contributed by atoms with E-state index in [0.717, 1.165) is 57.4 Å². The molecule has 13 atom stereocenters. The predicted molar refractivity (Wildman–Crippen MR) is 243 cm³/mol. The van der Waals surface area contributed by atoms with Crippen molar-refractivity contribution in [3.63, 3.8) is 0 Å². The molecule has 1 saturated carbocycles. The highest BCUT2D eigenvalue weighted by Gasteiger charge is 2.51. The molecule has 2 bridgehead atoms. The molecule has 66 heavy (non-hydrogen) atoms. The van der Waals surface area contributed by atoms with Gasteiger partial charge in [0.15, 0.2) is 6.10 Å². The number of aliphatic hydroxyl groups excluding tert-OH is 7. The smallest absolute Gasteiger partial charge is 0.461 e. The number of hydrogen-bond acceptors (Lipinski definition) is 16. The number of esters is 2. The molecule has 1 fully saturated rings. The van der Waals surface area contributed by atoms with Crippen molar-refractivity contribution >= 4 is 27.6 Å². The van der Waals surface area contributed by atoms with Gasteiger partial charge in [0, 0.05) is 24.7 Å². The fraction of sp³-hybridized carbons (Fsp3) is 0.822. The van der Waals surface area contributed by atoms with E-state index in [1.807, 2.05) is 6.92 Å². The SMILES string of the molecule is CCCCCCCC/C=C\CCCCCCCC(=O)O[C@@H]1COC(=O)C/C=C\C[C@H]2[C@@H](O)[C@H](O)[C@@H](O)[C@H](OP(=O)(O)OC1)[C@H](OP(=O)(O)O)[C@H](O)[C@@H](/C=C/[C@H](O)CCCCC)[C@H](O)C[C@@H]2O. The Morgan fingerprint density at radius 3 is 2.06 bits per heavy atom. The van der Waals surface area contributed by atoms with Gasteiger partial charge in [-0.05, 0) is 44.9 Å². The summed E-state index contributed by atoms with van der Waals surface area (Å²) < 4.78 is 51.9. The maximum absolute atomic E-state index is 13.7. The number of carbonyl (C=O) groups excluding carboxylic acids is 2. The third kappa shape index (κ3) is 24.6. The molecule has 0 aromatic rings. The molecular weight excluding hydrogens is 906 g/mol. The second kappa shape index (κ2) is 32.8. The third-order valence-corrected chi connectivity index (χ3v) is 13.3. The summed E-state index contributed by atoms with van der Waals surface area (Å²) >= 11 is 0. The number of ether oxygens (including phenoxy) is 2. The van der Waals surface area contributed by atoms with Crippen LogP contribution in [0.5, 0.6) is 0 Å². The lowest BCUT2D eigenvalue weighted by molar-refractivity contribution is -0.165. The summed E-state index contributed by atoms with van der Waals surface area (Å²) in [5.41, 5.74) is 0. The summed E-state index contributed by atoms with van der Waals surface area (Å²) in [5.74, 6) is -4.76. The van der Waals surface area contributed by atoms with E-state index in [0.29, 0.717) is 12.8 Å². The van der Waals surface area contributed by atoms with Crippen molar-refractivity contribution in [1.82, 2.24) is 0 Å². The molecule has 1 aliphatic carbocycles. The van der Waals surface area contributed by atoms with E-state index in [2.05, 4.69) is 19.1 Å². The van der Waals surface area contributed by atoms with Crippen LogP contribution in [0.1, 0.15) is 149 Å². The largest absolute Gasteiger partial charge is 0.472 e. The van der Waals surface area contributed by atoms with Crippen molar-refractivity contribution in [2.45, 2.75) is 210 Å². The minimum atomic E-state index is -5.76. The van der Waals surface area contributed by atoms with Gasteiger partial charge in [0.1, 0.15) is 31.0 Å². The molecular formula is C45H80O19P2. The zero-order valence-electron chi connectivity index (χ0n) is 38.7. The Kier molecular flexibility index (Phi) is 30.0. The quantitative estimate of drug-likeness (QED) is 0.0260. The van der Waals surface area contributed by atoms with Gasteiger partial charge in [0.25, 0.3) is 0 Å². The van der Waals surface area contributed by atoms with Crippen molar-refractivity contribution < 1.29 is 92.2 Å². The summed E-state index contributed by atoms with van der Waals surface area (Å²) in [7, 11) is -11.4. The fourth-order valence-corrected chi connectivity index (χ4v) is 9.46. The Morgan fingerprint density at radius 2 is 1.42 bits per heavy atom. The normalized spacial score (nSPS) is 32.2. The van der Waals surface area contributed by atoms with Crippen LogP contribution in [-0.4, -0.2) is 137 Å². The minimum absolute atomic E-state index is 0.0450. The number of rotatable bonds is 24. The molecule has 384 valence electrons. The van der Waals surface area contributed by atoms with E-state index >= 15 is 0 Å². The summed E-state index contributed by atoms with van der Waals surface area (Å²) in [6.45, 7) is 2.51. The van der Waals surface area contributed by atoms with E-state index < -0.39 is 120 Å². The van der Waals surface area contributed by atoms with Crippen LogP contribution in [0, 0.1) is 11.8 Å². The van der Waals surface area contributed by atoms with E-state index in [1.165, 1.54) is 56.8 Å². The molecule has 0 aromatic carbocycles. The van der Waals surface area contributed by atoms with Crippen molar-refractivity contribution in [2.24, 2.45) is 11.8 Å². The number of phosphoric acid groups is 2. The first-order chi connectivity index (χ1) is 31.3. The maximum atomic E-state index is 13.7. The highest BCUT2D eigenvalue weighted by molar-refractivity contribution is 7.47. The van der Waals surface area contributed by atoms with E-state index in [9.17, 15) is 69.1 Å². The van der Waals surface area contributed by atoms with E-state index in [4.69, 9.17) is 23.0 Å². The molecule has 0 radical (unpaired) electrons. The number of unbranched alkanes of at least 4 members (excludes halogenated alkanes) is 13. The van der Waals surface area contributed by atoms with Crippen molar-refractivity contribution in [3.8, 4) is 0 Å². The lowest BCUT2D eigenvalue weighted by Gasteiger charge is -2.38. The van der Waals surface area contributed by atoms with Crippen LogP contribution in [0.3, 0.4) is 0 Å². The van der Waals surface area contributed by atoms with E-state index in [-0.39, 0.29) is 25.7 Å². The number of carbonyl (C=O) groups is 2. The minimum Gasteiger partial charge on any atom is -0.461 e. The van der Waals surface area contributed by atoms with E-state index in [1.54, 1.807) is 0 Å². The average Bonchev–Trinajstić information content (AvgIpc) is 3.25. The maximum Gasteiger partial charge on any atom is 0.472 e. The summed E-state index contributed by atoms with van der Waals surface area (Å²) in [5, 5.41) is 79.3. The lowest BCUT2D eigenvalue weighted by Crippen LogP contribution is -2.56. The van der Waals surface area contributed by atoms with Gasteiger partial charge in [-0.25, -0.2) is 9.13 Å². The number of aliphatic hydroxyl groups is 7. The third-order valence-electron chi connectivity index (χ3n) is 11.8. The molecule has 1 aliphatic heterocycles. The van der Waals surface area contributed by atoms with Crippen LogP contribution >= 0.6 is 15.6 Å². The fourth-order valence-electron chi connectivity index (χ4n) is 7.93. The van der Waals surface area contributed by atoms with Crippen LogP contribution in [-0.2, 0) is 41.8 Å². The van der Waals surface area contributed by atoms with Crippen LogP contribution in [0.4, 0.5) is 0 Å². The zero-order chi connectivity index (χ0) is 49.1. The second-order valence-corrected chi connectivity index (χ2v) is 20.1. The summed E-state index contributed by atoms with van der Waals surface area (Å²) in [6.07, 6.45) is 2.84. The molecule has 0 saturated heterocycles. The Balaban J connectivity index is 2.32. The Hall–Kier alpha value is -1.90. The first-order valence-corrected chi connectivity index (χ1v) is 26.8. The number of cyclic esters (lactones) is 1. The molecule has 0 spiro atoms. The van der Waals surface area contributed by atoms with Crippen LogP contribution in [0.15, 0.2) is 36.5 Å². The molecule has 21 heteroatoms. The Bertz CT molecular complexity index is 1540.